The molecule has 3 N–H and O–H groups in total. The van der Waals surface area contributed by atoms with E-state index in [9.17, 15) is 10.1 Å². The van der Waals surface area contributed by atoms with Crippen LogP contribution >= 0.6 is 11.3 Å². The molecule has 1 aliphatic rings. The van der Waals surface area contributed by atoms with E-state index in [1.165, 1.54) is 16.2 Å². The van der Waals surface area contributed by atoms with Crippen LogP contribution in [0.4, 0.5) is 5.00 Å². The average molecular weight is 369 g/mol. The van der Waals surface area contributed by atoms with E-state index in [0.717, 1.165) is 23.1 Å². The zero-order valence-electron chi connectivity index (χ0n) is 16.3. The Bertz CT molecular complexity index is 931. The number of hydrogen-bond donors (Lipinski definition) is 2. The van der Waals surface area contributed by atoms with Crippen LogP contribution in [0.2, 0.25) is 0 Å². The molecule has 5 heteroatoms. The van der Waals surface area contributed by atoms with Gasteiger partial charge in [-0.25, -0.2) is 0 Å². The number of carbonyl (C=O) groups is 1. The molecular formula is C21H26N3OS+. The number of nitrogens with two attached hydrogens (primary N) is 1. The quantitative estimate of drug-likeness (QED) is 0.850. The maximum atomic E-state index is 12.7. The number of nitriles is 1. The molecular weight excluding hydrogens is 342 g/mol. The molecule has 0 unspecified atom stereocenters. The lowest BCUT2D eigenvalue weighted by atomic mass is 9.81. The van der Waals surface area contributed by atoms with Gasteiger partial charge in [0.05, 0.1) is 16.0 Å². The Morgan fingerprint density at radius 1 is 1.23 bits per heavy atom. The standard InChI is InChI=1S/C21H25N3OS/c1-12-7-8-14(9-13(12)2)18(25)23-19-16(11-22)15-10-20(3,4)24-21(5,6)17(15)26-19/h7-9,24H,10H2,1-6H3,(H,23,25)/p+1. The van der Waals surface area contributed by atoms with Gasteiger partial charge in [0.2, 0.25) is 0 Å². The van der Waals surface area contributed by atoms with E-state index in [-0.39, 0.29) is 17.0 Å². The summed E-state index contributed by atoms with van der Waals surface area (Å²) < 4.78 is 0. The topological polar surface area (TPSA) is 69.5 Å². The van der Waals surface area contributed by atoms with E-state index < -0.39 is 0 Å². The highest BCUT2D eigenvalue weighted by atomic mass is 32.1. The molecule has 2 heterocycles. The average Bonchev–Trinajstić information content (AvgIpc) is 2.85. The normalized spacial score (nSPS) is 17.3. The van der Waals surface area contributed by atoms with Gasteiger partial charge >= 0.3 is 0 Å². The molecule has 1 amide bonds. The second-order valence-corrected chi connectivity index (χ2v) is 9.53. The van der Waals surface area contributed by atoms with Crippen LogP contribution in [0.15, 0.2) is 18.2 Å². The monoisotopic (exact) mass is 368 g/mol. The highest BCUT2D eigenvalue weighted by Crippen LogP contribution is 2.41. The molecule has 0 saturated carbocycles. The highest BCUT2D eigenvalue weighted by Gasteiger charge is 2.44. The second-order valence-electron chi connectivity index (χ2n) is 8.51. The number of benzene rings is 1. The summed E-state index contributed by atoms with van der Waals surface area (Å²) in [6, 6.07) is 8.02. The fraction of sp³-hybridized carbons (Fsp3) is 0.429. The van der Waals surface area contributed by atoms with E-state index in [2.05, 4.69) is 44.4 Å². The lowest BCUT2D eigenvalue weighted by Crippen LogP contribution is -3.03. The molecule has 1 aromatic heterocycles. The van der Waals surface area contributed by atoms with Crippen molar-refractivity contribution in [3.8, 4) is 6.07 Å². The van der Waals surface area contributed by atoms with Gasteiger partial charge in [-0.05, 0) is 70.4 Å². The third-order valence-electron chi connectivity index (χ3n) is 5.08. The third kappa shape index (κ3) is 3.27. The summed E-state index contributed by atoms with van der Waals surface area (Å²) in [4.78, 5) is 13.9. The van der Waals surface area contributed by atoms with Gasteiger partial charge in [0, 0.05) is 12.0 Å². The SMILES string of the molecule is Cc1ccc(C(=O)Nc2sc3c(c2C#N)CC(C)(C)[NH2+]C3(C)C)cc1C. The van der Waals surface area contributed by atoms with Crippen molar-refractivity contribution in [2.45, 2.75) is 59.0 Å². The largest absolute Gasteiger partial charge is 0.333 e. The van der Waals surface area contributed by atoms with Gasteiger partial charge in [-0.2, -0.15) is 5.26 Å². The van der Waals surface area contributed by atoms with Gasteiger partial charge < -0.3 is 10.6 Å². The molecule has 4 nitrogen and oxygen atoms in total. The summed E-state index contributed by atoms with van der Waals surface area (Å²) in [6.07, 6.45) is 0.824. The number of quaternary nitrogens is 1. The zero-order valence-corrected chi connectivity index (χ0v) is 17.1. The van der Waals surface area contributed by atoms with Crippen LogP contribution < -0.4 is 10.6 Å². The van der Waals surface area contributed by atoms with Crippen molar-refractivity contribution in [2.24, 2.45) is 0 Å². The molecule has 0 atom stereocenters. The fourth-order valence-corrected chi connectivity index (χ4v) is 5.21. The minimum absolute atomic E-state index is 0.0263. The molecule has 0 spiro atoms. The maximum Gasteiger partial charge on any atom is 0.256 e. The Balaban J connectivity index is 2.00. The van der Waals surface area contributed by atoms with E-state index in [4.69, 9.17) is 0 Å². The number of rotatable bonds is 2. The van der Waals surface area contributed by atoms with Crippen molar-refractivity contribution in [1.29, 1.82) is 5.26 Å². The van der Waals surface area contributed by atoms with Crippen LogP contribution in [0.5, 0.6) is 0 Å². The Morgan fingerprint density at radius 2 is 1.92 bits per heavy atom. The van der Waals surface area contributed by atoms with Crippen LogP contribution in [0.3, 0.4) is 0 Å². The van der Waals surface area contributed by atoms with Crippen LogP contribution in [0, 0.1) is 25.2 Å². The van der Waals surface area contributed by atoms with Gasteiger partial charge in [-0.1, -0.05) is 6.07 Å². The molecule has 0 saturated heterocycles. The summed E-state index contributed by atoms with van der Waals surface area (Å²) in [5.74, 6) is -0.163. The summed E-state index contributed by atoms with van der Waals surface area (Å²) >= 11 is 1.54. The van der Waals surface area contributed by atoms with Crippen molar-refractivity contribution < 1.29 is 10.1 Å². The second kappa shape index (κ2) is 6.22. The van der Waals surface area contributed by atoms with Crippen molar-refractivity contribution in [2.75, 3.05) is 5.32 Å². The van der Waals surface area contributed by atoms with Crippen molar-refractivity contribution in [3.63, 3.8) is 0 Å². The first kappa shape index (κ1) is 18.6. The van der Waals surface area contributed by atoms with Gasteiger partial charge in [-0.3, -0.25) is 4.79 Å². The third-order valence-corrected chi connectivity index (χ3v) is 6.57. The maximum absolute atomic E-state index is 12.7. The summed E-state index contributed by atoms with van der Waals surface area (Å²) in [6.45, 7) is 12.8. The molecule has 0 fully saturated rings. The smallest absolute Gasteiger partial charge is 0.256 e. The number of thiophene rings is 1. The molecule has 1 aliphatic heterocycles. The Kier molecular flexibility index (Phi) is 4.46. The van der Waals surface area contributed by atoms with E-state index in [1.54, 1.807) is 0 Å². The number of hydrogen-bond acceptors (Lipinski definition) is 3. The molecule has 0 aliphatic carbocycles. The van der Waals surface area contributed by atoms with Crippen LogP contribution in [0.1, 0.15) is 65.2 Å². The molecule has 3 rings (SSSR count). The fourth-order valence-electron chi connectivity index (χ4n) is 3.97. The molecule has 0 bridgehead atoms. The molecule has 0 radical (unpaired) electrons. The Morgan fingerprint density at radius 3 is 2.54 bits per heavy atom. The number of anilines is 1. The number of carbonyl (C=O) groups excluding carboxylic acids is 1. The van der Waals surface area contributed by atoms with Gasteiger partial charge in [0.1, 0.15) is 16.6 Å². The van der Waals surface area contributed by atoms with Crippen molar-refractivity contribution in [1.82, 2.24) is 0 Å². The van der Waals surface area contributed by atoms with E-state index >= 15 is 0 Å². The lowest BCUT2D eigenvalue weighted by molar-refractivity contribution is -0.789. The van der Waals surface area contributed by atoms with E-state index in [0.29, 0.717) is 16.1 Å². The lowest BCUT2D eigenvalue weighted by Gasteiger charge is -2.38. The van der Waals surface area contributed by atoms with E-state index in [1.807, 2.05) is 32.0 Å². The van der Waals surface area contributed by atoms with Gasteiger partial charge in [0.15, 0.2) is 0 Å². The first-order chi connectivity index (χ1) is 12.0. The first-order valence-corrected chi connectivity index (χ1v) is 9.67. The first-order valence-electron chi connectivity index (χ1n) is 8.86. The number of aryl methyl sites for hydroxylation is 2. The van der Waals surface area contributed by atoms with Gasteiger partial charge in [0.25, 0.3) is 5.91 Å². The summed E-state index contributed by atoms with van der Waals surface area (Å²) in [5, 5.41) is 15.8. The molecule has 2 aromatic rings. The number of fused-ring (bicyclic) bond motifs is 1. The zero-order chi connectivity index (χ0) is 19.3. The number of nitrogens with zero attached hydrogens (tertiary/aromatic N) is 1. The van der Waals surface area contributed by atoms with Crippen LogP contribution in [0.25, 0.3) is 0 Å². The predicted molar refractivity (Wildman–Crippen MR) is 106 cm³/mol. The predicted octanol–water partition coefficient (Wildman–Crippen LogP) is 3.62. The molecule has 26 heavy (non-hydrogen) atoms. The Hall–Kier alpha value is -2.16. The molecule has 1 aromatic carbocycles. The van der Waals surface area contributed by atoms with Crippen molar-refractivity contribution >= 4 is 22.2 Å². The molecule has 136 valence electrons. The number of nitrogens with one attached hydrogen (secondary N) is 1. The Labute approximate surface area is 159 Å². The highest BCUT2D eigenvalue weighted by molar-refractivity contribution is 7.16. The van der Waals surface area contributed by atoms with Crippen LogP contribution in [-0.4, -0.2) is 11.4 Å². The summed E-state index contributed by atoms with van der Waals surface area (Å²) in [5.41, 5.74) is 4.48. The van der Waals surface area contributed by atoms with Crippen molar-refractivity contribution in [3.05, 3.63) is 50.9 Å². The van der Waals surface area contributed by atoms with Gasteiger partial charge in [-0.15, -0.1) is 11.3 Å². The number of amides is 1. The summed E-state index contributed by atoms with van der Waals surface area (Å²) in [7, 11) is 0. The minimum Gasteiger partial charge on any atom is -0.333 e. The minimum atomic E-state index is -0.163. The van der Waals surface area contributed by atoms with Crippen LogP contribution in [-0.2, 0) is 12.0 Å².